The van der Waals surface area contributed by atoms with Gasteiger partial charge in [0.15, 0.2) is 0 Å². The van der Waals surface area contributed by atoms with Crippen LogP contribution in [0.15, 0.2) is 24.4 Å². The van der Waals surface area contributed by atoms with Crippen LogP contribution in [0.1, 0.15) is 36.0 Å². The third-order valence-electron chi connectivity index (χ3n) is 4.85. The number of carbonyl (C=O) groups is 1. The molecule has 0 radical (unpaired) electrons. The van der Waals surface area contributed by atoms with Gasteiger partial charge in [-0.15, -0.1) is 0 Å². The molecule has 2 aliphatic rings. The molecule has 110 valence electrons. The highest BCUT2D eigenvalue weighted by atomic mass is 16.1. The van der Waals surface area contributed by atoms with Gasteiger partial charge in [-0.2, -0.15) is 5.10 Å². The lowest BCUT2D eigenvalue weighted by molar-refractivity contribution is 0.0788. The number of rotatable bonds is 2. The van der Waals surface area contributed by atoms with Crippen LogP contribution >= 0.6 is 0 Å². The van der Waals surface area contributed by atoms with Crippen molar-refractivity contribution in [3.05, 3.63) is 30.0 Å². The van der Waals surface area contributed by atoms with E-state index in [9.17, 15) is 4.79 Å². The number of H-pyrrole nitrogens is 1. The highest BCUT2D eigenvalue weighted by molar-refractivity contribution is 5.97. The minimum Gasteiger partial charge on any atom is -0.348 e. The molecule has 1 unspecified atom stereocenters. The van der Waals surface area contributed by atoms with E-state index < -0.39 is 0 Å². The zero-order chi connectivity index (χ0) is 14.2. The third kappa shape index (κ3) is 2.42. The van der Waals surface area contributed by atoms with Crippen LogP contribution in [0.2, 0.25) is 0 Å². The molecule has 5 nitrogen and oxygen atoms in total. The maximum absolute atomic E-state index is 12.4. The molecular weight excluding hydrogens is 264 g/mol. The van der Waals surface area contributed by atoms with Crippen LogP contribution in [0, 0.1) is 0 Å². The second-order valence-electron chi connectivity index (χ2n) is 6.21. The summed E-state index contributed by atoms with van der Waals surface area (Å²) in [6.07, 6.45) is 6.69. The molecular formula is C16H20N4O. The fourth-order valence-electron chi connectivity index (χ4n) is 3.50. The van der Waals surface area contributed by atoms with Gasteiger partial charge in [-0.3, -0.25) is 14.8 Å². The van der Waals surface area contributed by atoms with Crippen molar-refractivity contribution in [3.63, 3.8) is 0 Å². The number of hydrogen-bond acceptors (Lipinski definition) is 3. The second-order valence-corrected chi connectivity index (χ2v) is 6.21. The Hall–Kier alpha value is -1.88. The third-order valence-corrected chi connectivity index (χ3v) is 4.85. The average Bonchev–Trinajstić information content (AvgIpc) is 2.89. The number of amides is 1. The van der Waals surface area contributed by atoms with Crippen LogP contribution in [0.5, 0.6) is 0 Å². The van der Waals surface area contributed by atoms with Gasteiger partial charge in [0.25, 0.3) is 5.91 Å². The molecule has 3 heterocycles. The van der Waals surface area contributed by atoms with Crippen molar-refractivity contribution in [1.82, 2.24) is 20.4 Å². The molecule has 4 rings (SSSR count). The summed E-state index contributed by atoms with van der Waals surface area (Å²) in [6.45, 7) is 2.19. The summed E-state index contributed by atoms with van der Waals surface area (Å²) in [5.41, 5.74) is 1.61. The first kappa shape index (κ1) is 12.8. The van der Waals surface area contributed by atoms with Crippen molar-refractivity contribution in [2.75, 3.05) is 13.1 Å². The van der Waals surface area contributed by atoms with Crippen molar-refractivity contribution >= 4 is 16.8 Å². The number of fused-ring (bicyclic) bond motifs is 2. The molecule has 2 N–H and O–H groups in total. The molecule has 0 aliphatic carbocycles. The molecule has 2 aliphatic heterocycles. The van der Waals surface area contributed by atoms with Gasteiger partial charge in [-0.05, 0) is 44.4 Å². The van der Waals surface area contributed by atoms with Gasteiger partial charge in [0, 0.05) is 29.6 Å². The molecule has 2 aromatic rings. The SMILES string of the molecule is O=C(N[C@H]1CCCC2CCN2C1)c1ccc2cn[nH]c2c1. The van der Waals surface area contributed by atoms with E-state index >= 15 is 0 Å². The Balaban J connectivity index is 1.46. The molecule has 1 aromatic heterocycles. The van der Waals surface area contributed by atoms with Crippen LogP contribution in [-0.2, 0) is 0 Å². The standard InChI is InChI=1S/C16H20N4O/c21-16(11-4-5-12-9-17-19-15(12)8-11)18-13-2-1-3-14-6-7-20(14)10-13/h4-5,8-9,13-14H,1-3,6-7,10H2,(H,17,19)(H,18,21)/t13-,14?/m0/s1. The molecule has 2 fully saturated rings. The first-order chi connectivity index (χ1) is 10.3. The Kier molecular flexibility index (Phi) is 3.15. The first-order valence-corrected chi connectivity index (χ1v) is 7.77. The number of nitrogens with one attached hydrogen (secondary N) is 2. The van der Waals surface area contributed by atoms with Crippen LogP contribution < -0.4 is 5.32 Å². The maximum Gasteiger partial charge on any atom is 0.251 e. The van der Waals surface area contributed by atoms with Crippen molar-refractivity contribution in [2.24, 2.45) is 0 Å². The van der Waals surface area contributed by atoms with Crippen LogP contribution in [-0.4, -0.2) is 46.2 Å². The fraction of sp³-hybridized carbons (Fsp3) is 0.500. The maximum atomic E-state index is 12.4. The van der Waals surface area contributed by atoms with Crippen LogP contribution in [0.3, 0.4) is 0 Å². The molecule has 1 aromatic carbocycles. The minimum absolute atomic E-state index is 0.0236. The summed E-state index contributed by atoms with van der Waals surface area (Å²) in [4.78, 5) is 14.9. The zero-order valence-corrected chi connectivity index (χ0v) is 12.0. The summed E-state index contributed by atoms with van der Waals surface area (Å²) in [7, 11) is 0. The van der Waals surface area contributed by atoms with E-state index in [0.717, 1.165) is 29.9 Å². The van der Waals surface area contributed by atoms with Crippen LogP contribution in [0.25, 0.3) is 10.9 Å². The minimum atomic E-state index is 0.0236. The monoisotopic (exact) mass is 284 g/mol. The number of carbonyl (C=O) groups excluding carboxylic acids is 1. The van der Waals surface area contributed by atoms with E-state index in [0.29, 0.717) is 5.56 Å². The molecule has 2 saturated heterocycles. The normalized spacial score (nSPS) is 25.9. The fourth-order valence-corrected chi connectivity index (χ4v) is 3.50. The number of aromatic nitrogens is 2. The Labute approximate surface area is 123 Å². The van der Waals surface area contributed by atoms with Gasteiger partial charge in [-0.25, -0.2) is 0 Å². The van der Waals surface area contributed by atoms with E-state index in [1.807, 2.05) is 18.2 Å². The number of hydrogen-bond donors (Lipinski definition) is 2. The molecule has 5 heteroatoms. The van der Waals surface area contributed by atoms with Crippen molar-refractivity contribution in [2.45, 2.75) is 37.8 Å². The average molecular weight is 284 g/mol. The van der Waals surface area contributed by atoms with E-state index in [1.54, 1.807) is 6.20 Å². The summed E-state index contributed by atoms with van der Waals surface area (Å²) >= 11 is 0. The van der Waals surface area contributed by atoms with Crippen molar-refractivity contribution in [1.29, 1.82) is 0 Å². The topological polar surface area (TPSA) is 61.0 Å². The number of aromatic amines is 1. The quantitative estimate of drug-likeness (QED) is 0.885. The molecule has 21 heavy (non-hydrogen) atoms. The Morgan fingerprint density at radius 1 is 1.33 bits per heavy atom. The lowest BCUT2D eigenvalue weighted by Gasteiger charge is -2.40. The van der Waals surface area contributed by atoms with Gasteiger partial charge in [0.05, 0.1) is 11.7 Å². The summed E-state index contributed by atoms with van der Waals surface area (Å²) < 4.78 is 0. The van der Waals surface area contributed by atoms with Gasteiger partial charge < -0.3 is 5.32 Å². The molecule has 0 saturated carbocycles. The highest BCUT2D eigenvalue weighted by Gasteiger charge is 2.32. The Morgan fingerprint density at radius 3 is 3.14 bits per heavy atom. The van der Waals surface area contributed by atoms with Crippen molar-refractivity contribution in [3.8, 4) is 0 Å². The first-order valence-electron chi connectivity index (χ1n) is 7.77. The van der Waals surface area contributed by atoms with Gasteiger partial charge >= 0.3 is 0 Å². The highest BCUT2D eigenvalue weighted by Crippen LogP contribution is 2.27. The van der Waals surface area contributed by atoms with Crippen molar-refractivity contribution < 1.29 is 4.79 Å². The molecule has 1 amide bonds. The van der Waals surface area contributed by atoms with Crippen LogP contribution in [0.4, 0.5) is 0 Å². The predicted octanol–water partition coefficient (Wildman–Crippen LogP) is 1.92. The van der Waals surface area contributed by atoms with E-state index in [2.05, 4.69) is 20.4 Å². The lowest BCUT2D eigenvalue weighted by Crippen LogP contribution is -2.52. The van der Waals surface area contributed by atoms with Gasteiger partial charge in [-0.1, -0.05) is 6.07 Å². The lowest BCUT2D eigenvalue weighted by atomic mass is 10.00. The summed E-state index contributed by atoms with van der Waals surface area (Å²) in [5, 5.41) is 11.1. The van der Waals surface area contributed by atoms with Gasteiger partial charge in [0.2, 0.25) is 0 Å². The smallest absolute Gasteiger partial charge is 0.251 e. The summed E-state index contributed by atoms with van der Waals surface area (Å²) in [5.74, 6) is 0.0236. The van der Waals surface area contributed by atoms with Gasteiger partial charge in [0.1, 0.15) is 0 Å². The molecule has 2 atom stereocenters. The largest absolute Gasteiger partial charge is 0.348 e. The Morgan fingerprint density at radius 2 is 2.29 bits per heavy atom. The molecule has 0 spiro atoms. The molecule has 0 bridgehead atoms. The predicted molar refractivity (Wildman–Crippen MR) is 81.2 cm³/mol. The van der Waals surface area contributed by atoms with E-state index in [1.165, 1.54) is 25.8 Å². The second kappa shape index (κ2) is 5.15. The number of benzene rings is 1. The Bertz CT molecular complexity index is 665. The number of nitrogens with zero attached hydrogens (tertiary/aromatic N) is 2. The van der Waals surface area contributed by atoms with E-state index in [4.69, 9.17) is 0 Å². The summed E-state index contributed by atoms with van der Waals surface area (Å²) in [6, 6.07) is 6.73. The zero-order valence-electron chi connectivity index (χ0n) is 12.0. The van der Waals surface area contributed by atoms with E-state index in [-0.39, 0.29) is 11.9 Å².